The first-order valence-electron chi connectivity index (χ1n) is 16.1. The van der Waals surface area contributed by atoms with E-state index in [0.29, 0.717) is 0 Å². The number of ether oxygens (including phenoxy) is 4. The molecule has 1 fully saturated rings. The van der Waals surface area contributed by atoms with Gasteiger partial charge in [0.15, 0.2) is 29.4 Å². The van der Waals surface area contributed by atoms with E-state index >= 15 is 0 Å². The van der Waals surface area contributed by atoms with Crippen molar-refractivity contribution >= 4 is 35.4 Å². The summed E-state index contributed by atoms with van der Waals surface area (Å²) < 4.78 is 23.3. The number of aliphatic hydroxyl groups is 2. The Hall–Kier alpha value is -4.94. The molecule has 0 aliphatic heterocycles. The van der Waals surface area contributed by atoms with Crippen molar-refractivity contribution in [3.8, 4) is 0 Å². The Balaban J connectivity index is 2.06. The summed E-state index contributed by atoms with van der Waals surface area (Å²) in [5.41, 5.74) is -6.25. The molecule has 2 aliphatic carbocycles. The molecule has 0 bridgehead atoms. The summed E-state index contributed by atoms with van der Waals surface area (Å²) in [6, 6.07) is 15.3. The first kappa shape index (κ1) is 37.9. The molecule has 2 N–H and O–H groups in total. The Bertz CT molecular complexity index is 1690. The minimum Gasteiger partial charge on any atom is -0.459 e. The number of fused-ring (bicyclic) bond motifs is 1. The van der Waals surface area contributed by atoms with E-state index in [9.17, 15) is 39.0 Å². The van der Waals surface area contributed by atoms with Gasteiger partial charge in [-0.1, -0.05) is 62.1 Å². The van der Waals surface area contributed by atoms with E-state index in [4.69, 9.17) is 18.9 Å². The van der Waals surface area contributed by atoms with E-state index < -0.39 is 100 Å². The number of ketones is 2. The molecule has 0 aromatic heterocycles. The quantitative estimate of drug-likeness (QED) is 0.255. The summed E-state index contributed by atoms with van der Waals surface area (Å²) in [6.07, 6.45) is -5.51. The molecule has 12 nitrogen and oxygen atoms in total. The third kappa shape index (κ3) is 7.61. The van der Waals surface area contributed by atoms with E-state index in [1.807, 2.05) is 0 Å². The molecule has 4 rings (SSSR count). The standard InChI is InChI=1S/C38H42O12/c1-21-18-19-36(5,6)32(43)28(41)30(49-35(45)26-16-12-9-13-17-26)22(2)29(48-34(44)25-14-10-8-11-15-25)27-33(47-23(3)39)37(7,46)20-38(27,31(21)42)50-24(4)40/h8-19,21,27-30,33,41,46H,2,20H2,1,3-7H3/t21-,27-,28+,29?,30-,33+,37+,38+/m0/s1. The van der Waals surface area contributed by atoms with E-state index in [1.165, 1.54) is 64.1 Å². The third-order valence-electron chi connectivity index (χ3n) is 9.08. The van der Waals surface area contributed by atoms with Crippen LogP contribution in [0.1, 0.15) is 68.7 Å². The minimum absolute atomic E-state index is 0.0245. The highest BCUT2D eigenvalue weighted by molar-refractivity contribution is 5.96. The molecule has 2 aromatic rings. The Morgan fingerprint density at radius 3 is 1.76 bits per heavy atom. The summed E-state index contributed by atoms with van der Waals surface area (Å²) in [5, 5.41) is 23.6. The van der Waals surface area contributed by atoms with Gasteiger partial charge in [0, 0.05) is 37.2 Å². The lowest BCUT2D eigenvalue weighted by molar-refractivity contribution is -0.182. The van der Waals surface area contributed by atoms with Crippen LogP contribution in [0.3, 0.4) is 0 Å². The third-order valence-corrected chi connectivity index (χ3v) is 9.08. The number of allylic oxidation sites excluding steroid dienone is 2. The Morgan fingerprint density at radius 2 is 1.28 bits per heavy atom. The first-order chi connectivity index (χ1) is 23.3. The molecule has 50 heavy (non-hydrogen) atoms. The highest BCUT2D eigenvalue weighted by atomic mass is 16.6. The SMILES string of the molecule is C=C1C(OC(=O)c2ccccc2)[C@H]2[C@@H](OC(C)=O)[C@](C)(O)C[C@]2(OC(C)=O)C(=O)[C@@H](C)C=CC(C)(C)C(=O)[C@H](O)[C@H]1OC(=O)c1ccccc1. The average Bonchev–Trinajstić information content (AvgIpc) is 3.28. The van der Waals surface area contributed by atoms with E-state index in [1.54, 1.807) is 36.4 Å². The lowest BCUT2D eigenvalue weighted by atomic mass is 9.72. The van der Waals surface area contributed by atoms with E-state index in [2.05, 4.69) is 6.58 Å². The van der Waals surface area contributed by atoms with Crippen LogP contribution in [-0.2, 0) is 38.1 Å². The van der Waals surface area contributed by atoms with Crippen molar-refractivity contribution < 1.29 is 57.9 Å². The van der Waals surface area contributed by atoms with E-state index in [0.717, 1.165) is 13.8 Å². The number of hydrogen-bond donors (Lipinski definition) is 2. The predicted molar refractivity (Wildman–Crippen MR) is 177 cm³/mol. The molecule has 8 atom stereocenters. The number of carbonyl (C=O) groups excluding carboxylic acids is 6. The number of rotatable bonds is 6. The van der Waals surface area contributed by atoms with Crippen molar-refractivity contribution in [2.24, 2.45) is 17.3 Å². The fourth-order valence-corrected chi connectivity index (χ4v) is 6.68. The van der Waals surface area contributed by atoms with Gasteiger partial charge in [0.25, 0.3) is 0 Å². The van der Waals surface area contributed by atoms with Gasteiger partial charge in [-0.15, -0.1) is 0 Å². The molecule has 0 spiro atoms. The average molecular weight is 691 g/mol. The summed E-state index contributed by atoms with van der Waals surface area (Å²) >= 11 is 0. The topological polar surface area (TPSA) is 180 Å². The fraction of sp³-hybridized carbons (Fsp3) is 0.421. The molecular formula is C38H42O12. The van der Waals surface area contributed by atoms with Crippen LogP contribution >= 0.6 is 0 Å². The van der Waals surface area contributed by atoms with Gasteiger partial charge >= 0.3 is 23.9 Å². The normalized spacial score (nSPS) is 31.0. The monoisotopic (exact) mass is 690 g/mol. The molecule has 266 valence electrons. The Labute approximate surface area is 290 Å². The van der Waals surface area contributed by atoms with Crippen LogP contribution in [0.15, 0.2) is 85.0 Å². The van der Waals surface area contributed by atoms with Gasteiger partial charge in [0.2, 0.25) is 0 Å². The molecule has 0 heterocycles. The van der Waals surface area contributed by atoms with Gasteiger partial charge < -0.3 is 29.2 Å². The van der Waals surface area contributed by atoms with Crippen molar-refractivity contribution in [2.45, 2.75) is 83.6 Å². The number of esters is 4. The van der Waals surface area contributed by atoms with Gasteiger partial charge in [-0.05, 0) is 45.0 Å². The molecule has 1 saturated carbocycles. The van der Waals surface area contributed by atoms with Crippen LogP contribution in [0, 0.1) is 17.3 Å². The van der Waals surface area contributed by atoms with Crippen LogP contribution < -0.4 is 0 Å². The van der Waals surface area contributed by atoms with Gasteiger partial charge in [-0.3, -0.25) is 19.2 Å². The van der Waals surface area contributed by atoms with Crippen LogP contribution in [-0.4, -0.2) is 81.3 Å². The van der Waals surface area contributed by atoms with Gasteiger partial charge in [-0.25, -0.2) is 9.59 Å². The van der Waals surface area contributed by atoms with Crippen molar-refractivity contribution in [1.82, 2.24) is 0 Å². The number of hydrogen-bond acceptors (Lipinski definition) is 12. The molecule has 0 saturated heterocycles. The van der Waals surface area contributed by atoms with E-state index in [-0.39, 0.29) is 11.1 Å². The van der Waals surface area contributed by atoms with Crippen LogP contribution in [0.5, 0.6) is 0 Å². The highest BCUT2D eigenvalue weighted by Gasteiger charge is 2.70. The van der Waals surface area contributed by atoms with Crippen molar-refractivity contribution in [3.63, 3.8) is 0 Å². The number of carbonyl (C=O) groups is 6. The minimum atomic E-state index is -2.35. The van der Waals surface area contributed by atoms with Crippen LogP contribution in [0.2, 0.25) is 0 Å². The number of benzene rings is 2. The maximum absolute atomic E-state index is 14.7. The van der Waals surface area contributed by atoms with Gasteiger partial charge in [0.05, 0.1) is 17.0 Å². The first-order valence-corrected chi connectivity index (χ1v) is 16.1. The van der Waals surface area contributed by atoms with Crippen LogP contribution in [0.4, 0.5) is 0 Å². The maximum Gasteiger partial charge on any atom is 0.338 e. The molecule has 12 heteroatoms. The second kappa shape index (κ2) is 14.5. The van der Waals surface area contributed by atoms with Crippen molar-refractivity contribution in [3.05, 3.63) is 96.1 Å². The zero-order valence-electron chi connectivity index (χ0n) is 28.8. The summed E-state index contributed by atoms with van der Waals surface area (Å²) in [6.45, 7) is 11.8. The Morgan fingerprint density at radius 1 is 0.780 bits per heavy atom. The molecule has 2 aliphatic rings. The molecule has 2 aromatic carbocycles. The smallest absolute Gasteiger partial charge is 0.338 e. The fourth-order valence-electron chi connectivity index (χ4n) is 6.68. The van der Waals surface area contributed by atoms with Crippen LogP contribution in [0.25, 0.3) is 0 Å². The summed E-state index contributed by atoms with van der Waals surface area (Å²) in [5.74, 6) is -8.28. The summed E-state index contributed by atoms with van der Waals surface area (Å²) in [7, 11) is 0. The lowest BCUT2D eigenvalue weighted by Gasteiger charge is -2.42. The zero-order valence-corrected chi connectivity index (χ0v) is 28.8. The highest BCUT2D eigenvalue weighted by Crippen LogP contribution is 2.52. The summed E-state index contributed by atoms with van der Waals surface area (Å²) in [4.78, 5) is 81.3. The predicted octanol–water partition coefficient (Wildman–Crippen LogP) is 3.73. The number of aliphatic hydroxyl groups excluding tert-OH is 1. The second-order valence-corrected chi connectivity index (χ2v) is 13.6. The largest absolute Gasteiger partial charge is 0.459 e. The second-order valence-electron chi connectivity index (χ2n) is 13.6. The zero-order chi connectivity index (χ0) is 37.2. The maximum atomic E-state index is 14.7. The van der Waals surface area contributed by atoms with Crippen molar-refractivity contribution in [2.75, 3.05) is 0 Å². The number of Topliss-reactive ketones (excluding diaryl/α,β-unsaturated/α-hetero) is 2. The van der Waals surface area contributed by atoms with Crippen molar-refractivity contribution in [1.29, 1.82) is 0 Å². The van der Waals surface area contributed by atoms with Gasteiger partial charge in [-0.2, -0.15) is 0 Å². The molecule has 0 amide bonds. The Kier molecular flexibility index (Phi) is 11.0. The molecule has 1 unspecified atom stereocenters. The molecular weight excluding hydrogens is 648 g/mol. The molecule has 0 radical (unpaired) electrons. The lowest BCUT2D eigenvalue weighted by Crippen LogP contribution is -2.58. The van der Waals surface area contributed by atoms with Gasteiger partial charge in [0.1, 0.15) is 17.8 Å².